The number of carbonyl (C=O) groups excluding carboxylic acids is 1. The molecule has 0 bridgehead atoms. The van der Waals surface area contributed by atoms with Gasteiger partial charge >= 0.3 is 5.97 Å². The van der Waals surface area contributed by atoms with E-state index in [1.165, 1.54) is 12.1 Å². The van der Waals surface area contributed by atoms with Crippen LogP contribution >= 0.6 is 0 Å². The lowest BCUT2D eigenvalue weighted by molar-refractivity contribution is -0.143. The Kier molecular flexibility index (Phi) is 6.15. The van der Waals surface area contributed by atoms with Crippen molar-refractivity contribution in [2.45, 2.75) is 32.1 Å². The first kappa shape index (κ1) is 18.3. The average Bonchev–Trinajstić information content (AvgIpc) is 2.68. The van der Waals surface area contributed by atoms with Gasteiger partial charge in [-0.3, -0.25) is 4.79 Å². The first-order valence-electron chi connectivity index (χ1n) is 9.10. The summed E-state index contributed by atoms with van der Waals surface area (Å²) in [5.41, 5.74) is 0.994. The Morgan fingerprint density at radius 1 is 1.23 bits per heavy atom. The van der Waals surface area contributed by atoms with Gasteiger partial charge in [-0.1, -0.05) is 12.1 Å². The van der Waals surface area contributed by atoms with E-state index in [0.29, 0.717) is 18.9 Å². The predicted molar refractivity (Wildman–Crippen MR) is 97.4 cm³/mol. The lowest BCUT2D eigenvalue weighted by atomic mass is 9.78. The van der Waals surface area contributed by atoms with Gasteiger partial charge in [-0.25, -0.2) is 14.4 Å². The van der Waals surface area contributed by atoms with Gasteiger partial charge in [-0.05, 0) is 55.4 Å². The Bertz CT molecular complexity index is 701. The van der Waals surface area contributed by atoms with Crippen LogP contribution in [0.3, 0.4) is 0 Å². The highest BCUT2D eigenvalue weighted by Gasteiger charge is 2.30. The second kappa shape index (κ2) is 8.74. The van der Waals surface area contributed by atoms with E-state index < -0.39 is 0 Å². The number of hydrogen-bond donors (Lipinski definition) is 0. The lowest BCUT2D eigenvalue weighted by Crippen LogP contribution is -2.37. The summed E-state index contributed by atoms with van der Waals surface area (Å²) >= 11 is 0. The third-order valence-corrected chi connectivity index (χ3v) is 4.93. The monoisotopic (exact) mass is 357 g/mol. The van der Waals surface area contributed by atoms with Crippen LogP contribution in [0.25, 0.3) is 0 Å². The highest BCUT2D eigenvalue weighted by molar-refractivity contribution is 5.70. The van der Waals surface area contributed by atoms with Gasteiger partial charge in [0, 0.05) is 25.5 Å². The van der Waals surface area contributed by atoms with E-state index in [4.69, 9.17) is 4.74 Å². The molecule has 1 fully saturated rings. The summed E-state index contributed by atoms with van der Waals surface area (Å²) in [6.07, 6.45) is 5.68. The van der Waals surface area contributed by atoms with Gasteiger partial charge in [0.05, 0.1) is 13.0 Å². The van der Waals surface area contributed by atoms with Gasteiger partial charge in [0.1, 0.15) is 5.82 Å². The van der Waals surface area contributed by atoms with Crippen LogP contribution in [-0.2, 0) is 9.53 Å². The largest absolute Gasteiger partial charge is 0.466 e. The Morgan fingerprint density at radius 3 is 2.50 bits per heavy atom. The molecule has 2 heterocycles. The van der Waals surface area contributed by atoms with Crippen LogP contribution in [0.4, 0.5) is 10.3 Å². The zero-order valence-electron chi connectivity index (χ0n) is 15.0. The molecule has 5 nitrogen and oxygen atoms in total. The predicted octanol–water partition coefficient (Wildman–Crippen LogP) is 3.57. The minimum Gasteiger partial charge on any atom is -0.466 e. The van der Waals surface area contributed by atoms with Crippen molar-refractivity contribution < 1.29 is 13.9 Å². The van der Waals surface area contributed by atoms with Crippen molar-refractivity contribution in [3.05, 3.63) is 54.1 Å². The number of aromatic nitrogens is 2. The van der Waals surface area contributed by atoms with Crippen molar-refractivity contribution in [1.29, 1.82) is 0 Å². The molecule has 0 saturated carbocycles. The van der Waals surface area contributed by atoms with Crippen LogP contribution in [0, 0.1) is 11.7 Å². The molecule has 0 N–H and O–H groups in total. The summed E-state index contributed by atoms with van der Waals surface area (Å²) in [6.45, 7) is 3.87. The molecule has 1 aromatic carbocycles. The molecule has 26 heavy (non-hydrogen) atoms. The van der Waals surface area contributed by atoms with Crippen LogP contribution in [-0.4, -0.2) is 35.6 Å². The van der Waals surface area contributed by atoms with E-state index in [1.54, 1.807) is 30.6 Å². The van der Waals surface area contributed by atoms with Gasteiger partial charge in [0.25, 0.3) is 0 Å². The molecule has 0 aliphatic carbocycles. The molecule has 1 atom stereocenters. The van der Waals surface area contributed by atoms with E-state index >= 15 is 0 Å². The molecule has 0 amide bonds. The van der Waals surface area contributed by atoms with Crippen LogP contribution in [0.1, 0.15) is 37.7 Å². The smallest absolute Gasteiger partial charge is 0.306 e. The first-order chi connectivity index (χ1) is 12.7. The van der Waals surface area contributed by atoms with Crippen LogP contribution in [0.5, 0.6) is 0 Å². The Labute approximate surface area is 153 Å². The second-order valence-corrected chi connectivity index (χ2v) is 6.54. The van der Waals surface area contributed by atoms with Crippen molar-refractivity contribution in [2.75, 3.05) is 24.6 Å². The summed E-state index contributed by atoms with van der Waals surface area (Å²) in [4.78, 5) is 22.9. The fraction of sp³-hybridized carbons (Fsp3) is 0.450. The van der Waals surface area contributed by atoms with Gasteiger partial charge in [-0.2, -0.15) is 0 Å². The van der Waals surface area contributed by atoms with Gasteiger partial charge in [0.15, 0.2) is 0 Å². The minimum absolute atomic E-state index is 0.0356. The second-order valence-electron chi connectivity index (χ2n) is 6.54. The number of nitrogens with zero attached hydrogens (tertiary/aromatic N) is 3. The zero-order valence-corrected chi connectivity index (χ0v) is 15.0. The maximum atomic E-state index is 13.3. The Balaban J connectivity index is 1.71. The van der Waals surface area contributed by atoms with E-state index in [-0.39, 0.29) is 17.7 Å². The highest BCUT2D eigenvalue weighted by Crippen LogP contribution is 2.36. The normalized spacial score (nSPS) is 16.3. The summed E-state index contributed by atoms with van der Waals surface area (Å²) < 4.78 is 18.5. The molecule has 1 unspecified atom stereocenters. The molecule has 0 radical (unpaired) electrons. The number of hydrogen-bond acceptors (Lipinski definition) is 5. The van der Waals surface area contributed by atoms with Gasteiger partial charge in [0.2, 0.25) is 5.95 Å². The lowest BCUT2D eigenvalue weighted by Gasteiger charge is -2.36. The number of rotatable bonds is 6. The molecule has 1 saturated heterocycles. The molecule has 1 aliphatic heterocycles. The molecule has 6 heteroatoms. The molecule has 0 spiro atoms. The van der Waals surface area contributed by atoms with Crippen LogP contribution in [0.2, 0.25) is 0 Å². The Hall–Kier alpha value is -2.50. The number of benzene rings is 1. The van der Waals surface area contributed by atoms with Crippen molar-refractivity contribution in [2.24, 2.45) is 5.92 Å². The fourth-order valence-corrected chi connectivity index (χ4v) is 3.62. The standard InChI is InChI=1S/C20H24FN3O2/c1-2-26-19(25)14-18(15-4-6-17(21)7-5-15)16-8-12-24(13-9-16)20-22-10-3-11-23-20/h3-7,10-11,16,18H,2,8-9,12-14H2,1H3. The summed E-state index contributed by atoms with van der Waals surface area (Å²) in [7, 11) is 0. The van der Waals surface area contributed by atoms with Crippen molar-refractivity contribution >= 4 is 11.9 Å². The average molecular weight is 357 g/mol. The molecular weight excluding hydrogens is 333 g/mol. The number of carbonyl (C=O) groups is 1. The van der Waals surface area contributed by atoms with Gasteiger partial charge in [-0.15, -0.1) is 0 Å². The molecule has 138 valence electrons. The Morgan fingerprint density at radius 2 is 1.88 bits per heavy atom. The number of esters is 1. The number of ether oxygens (including phenoxy) is 1. The van der Waals surface area contributed by atoms with Crippen LogP contribution < -0.4 is 4.90 Å². The maximum Gasteiger partial charge on any atom is 0.306 e. The molecule has 1 aromatic heterocycles. The highest BCUT2D eigenvalue weighted by atomic mass is 19.1. The van der Waals surface area contributed by atoms with E-state index in [9.17, 15) is 9.18 Å². The molecular formula is C20H24FN3O2. The topological polar surface area (TPSA) is 55.3 Å². The molecule has 3 rings (SSSR count). The van der Waals surface area contributed by atoms with E-state index in [0.717, 1.165) is 37.4 Å². The van der Waals surface area contributed by atoms with Crippen molar-refractivity contribution in [3.8, 4) is 0 Å². The zero-order chi connectivity index (χ0) is 18.4. The third-order valence-electron chi connectivity index (χ3n) is 4.93. The molecule has 2 aromatic rings. The minimum atomic E-state index is -0.264. The number of piperidine rings is 1. The fourth-order valence-electron chi connectivity index (χ4n) is 3.62. The number of halogens is 1. The summed E-state index contributed by atoms with van der Waals surface area (Å²) in [5.74, 6) is 0.656. The SMILES string of the molecule is CCOC(=O)CC(c1ccc(F)cc1)C1CCN(c2ncccn2)CC1. The van der Waals surface area contributed by atoms with E-state index in [1.807, 2.05) is 6.92 Å². The summed E-state index contributed by atoms with van der Waals surface area (Å²) in [5, 5.41) is 0. The summed E-state index contributed by atoms with van der Waals surface area (Å²) in [6, 6.07) is 8.29. The number of anilines is 1. The van der Waals surface area contributed by atoms with Crippen molar-refractivity contribution in [1.82, 2.24) is 9.97 Å². The van der Waals surface area contributed by atoms with Crippen LogP contribution in [0.15, 0.2) is 42.7 Å². The molecule has 1 aliphatic rings. The van der Waals surface area contributed by atoms with Crippen molar-refractivity contribution in [3.63, 3.8) is 0 Å². The maximum absolute atomic E-state index is 13.3. The third kappa shape index (κ3) is 4.56. The quantitative estimate of drug-likeness (QED) is 0.740. The van der Waals surface area contributed by atoms with Gasteiger partial charge < -0.3 is 9.64 Å². The first-order valence-corrected chi connectivity index (χ1v) is 9.10. The van der Waals surface area contributed by atoms with E-state index in [2.05, 4.69) is 14.9 Å².